The molecule has 3 heterocycles. The minimum atomic E-state index is 0.217. The molecular formula is C18H31N5O. The van der Waals surface area contributed by atoms with Gasteiger partial charge in [-0.15, -0.1) is 0 Å². The lowest BCUT2D eigenvalue weighted by Gasteiger charge is -2.30. The van der Waals surface area contributed by atoms with Crippen LogP contribution in [0.1, 0.15) is 25.8 Å². The van der Waals surface area contributed by atoms with Gasteiger partial charge in [0.2, 0.25) is 5.91 Å². The zero-order chi connectivity index (χ0) is 17.1. The molecule has 0 spiro atoms. The van der Waals surface area contributed by atoms with E-state index in [1.54, 1.807) is 6.92 Å². The van der Waals surface area contributed by atoms with Crippen LogP contribution in [0.3, 0.4) is 0 Å². The summed E-state index contributed by atoms with van der Waals surface area (Å²) in [6.07, 6.45) is 6.26. The van der Waals surface area contributed by atoms with Gasteiger partial charge in [0.05, 0.1) is 6.20 Å². The van der Waals surface area contributed by atoms with Gasteiger partial charge in [-0.3, -0.25) is 14.4 Å². The van der Waals surface area contributed by atoms with Crippen molar-refractivity contribution < 1.29 is 4.79 Å². The molecular weight excluding hydrogens is 302 g/mol. The summed E-state index contributed by atoms with van der Waals surface area (Å²) in [5, 5.41) is 4.25. The zero-order valence-electron chi connectivity index (χ0n) is 15.3. The predicted octanol–water partition coefficient (Wildman–Crippen LogP) is 0.837. The van der Waals surface area contributed by atoms with Crippen molar-refractivity contribution in [2.45, 2.75) is 32.7 Å². The monoisotopic (exact) mass is 333 g/mol. The third kappa shape index (κ3) is 4.16. The molecule has 6 nitrogen and oxygen atoms in total. The van der Waals surface area contributed by atoms with Crippen LogP contribution in [-0.2, 0) is 18.3 Å². The maximum Gasteiger partial charge on any atom is 0.219 e. The topological polar surface area (TPSA) is 44.6 Å². The van der Waals surface area contributed by atoms with Crippen LogP contribution < -0.4 is 0 Å². The molecule has 0 saturated carbocycles. The van der Waals surface area contributed by atoms with Crippen molar-refractivity contribution in [1.29, 1.82) is 0 Å². The van der Waals surface area contributed by atoms with E-state index >= 15 is 0 Å². The van der Waals surface area contributed by atoms with Crippen molar-refractivity contribution in [3.05, 3.63) is 18.0 Å². The summed E-state index contributed by atoms with van der Waals surface area (Å²) in [5.41, 5.74) is 1.32. The van der Waals surface area contributed by atoms with Crippen molar-refractivity contribution in [3.8, 4) is 0 Å². The lowest BCUT2D eigenvalue weighted by molar-refractivity contribution is -0.128. The van der Waals surface area contributed by atoms with Gasteiger partial charge in [0.1, 0.15) is 0 Å². The molecule has 6 heteroatoms. The number of hydrogen-bond acceptors (Lipinski definition) is 4. The number of rotatable bonds is 4. The van der Waals surface area contributed by atoms with Gasteiger partial charge in [-0.2, -0.15) is 5.10 Å². The first kappa shape index (κ1) is 17.4. The highest BCUT2D eigenvalue weighted by Crippen LogP contribution is 2.23. The molecule has 24 heavy (non-hydrogen) atoms. The largest absolute Gasteiger partial charge is 0.342 e. The third-order valence-electron chi connectivity index (χ3n) is 5.57. The summed E-state index contributed by atoms with van der Waals surface area (Å²) in [5.74, 6) is 0.914. The smallest absolute Gasteiger partial charge is 0.219 e. The average molecular weight is 333 g/mol. The molecule has 2 aliphatic heterocycles. The number of aryl methyl sites for hydroxylation is 1. The number of likely N-dealkylation sites (tertiary alicyclic amines) is 1. The molecule has 2 fully saturated rings. The normalized spacial score (nSPS) is 26.7. The Morgan fingerprint density at radius 1 is 1.25 bits per heavy atom. The van der Waals surface area contributed by atoms with E-state index in [1.165, 1.54) is 12.1 Å². The number of hydrogen-bond donors (Lipinski definition) is 0. The summed E-state index contributed by atoms with van der Waals surface area (Å²) in [6.45, 7) is 11.4. The SMILES string of the molecule is CC(=O)N1CCCN([C@@H]2CN(CCc3cnn(C)c3)C[C@@H]2C)CC1. The summed E-state index contributed by atoms with van der Waals surface area (Å²) >= 11 is 0. The minimum absolute atomic E-state index is 0.217. The summed E-state index contributed by atoms with van der Waals surface area (Å²) in [7, 11) is 1.97. The van der Waals surface area contributed by atoms with Crippen molar-refractivity contribution in [2.75, 3.05) is 45.8 Å². The Labute approximate surface area is 145 Å². The molecule has 0 bridgehead atoms. The second-order valence-electron chi connectivity index (χ2n) is 7.47. The van der Waals surface area contributed by atoms with E-state index in [9.17, 15) is 4.79 Å². The van der Waals surface area contributed by atoms with Gasteiger partial charge in [-0.05, 0) is 24.3 Å². The lowest BCUT2D eigenvalue weighted by atomic mass is 10.0. The van der Waals surface area contributed by atoms with Gasteiger partial charge < -0.3 is 9.80 Å². The van der Waals surface area contributed by atoms with E-state index in [0.29, 0.717) is 12.0 Å². The highest BCUT2D eigenvalue weighted by molar-refractivity contribution is 5.73. The lowest BCUT2D eigenvalue weighted by Crippen LogP contribution is -2.43. The number of aromatic nitrogens is 2. The van der Waals surface area contributed by atoms with Crippen LogP contribution in [0, 0.1) is 5.92 Å². The molecule has 2 saturated heterocycles. The summed E-state index contributed by atoms with van der Waals surface area (Å²) < 4.78 is 1.88. The summed E-state index contributed by atoms with van der Waals surface area (Å²) in [4.78, 5) is 18.8. The van der Waals surface area contributed by atoms with E-state index < -0.39 is 0 Å². The van der Waals surface area contributed by atoms with Crippen LogP contribution in [-0.4, -0.2) is 82.2 Å². The Bertz CT molecular complexity index is 557. The Kier molecular flexibility index (Phi) is 5.56. The molecule has 0 N–H and O–H groups in total. The van der Waals surface area contributed by atoms with Crippen molar-refractivity contribution in [1.82, 2.24) is 24.5 Å². The Balaban J connectivity index is 1.50. The standard InChI is InChI=1S/C18H31N5O/c1-15-12-21(8-5-17-11-19-20(3)13-17)14-18(15)23-7-4-6-22(9-10-23)16(2)24/h11,13,15,18H,4-10,12,14H2,1-3H3/t15-,18+/m0/s1. The number of nitrogens with zero attached hydrogens (tertiary/aromatic N) is 5. The van der Waals surface area contributed by atoms with Crippen LogP contribution in [0.2, 0.25) is 0 Å². The van der Waals surface area contributed by atoms with Crippen molar-refractivity contribution in [2.24, 2.45) is 13.0 Å². The van der Waals surface area contributed by atoms with Crippen LogP contribution in [0.4, 0.5) is 0 Å². The van der Waals surface area contributed by atoms with Crippen LogP contribution in [0.15, 0.2) is 12.4 Å². The van der Waals surface area contributed by atoms with E-state index in [2.05, 4.69) is 28.0 Å². The molecule has 0 radical (unpaired) electrons. The minimum Gasteiger partial charge on any atom is -0.342 e. The Hall–Kier alpha value is -1.40. The zero-order valence-corrected chi connectivity index (χ0v) is 15.3. The van der Waals surface area contributed by atoms with Gasteiger partial charge in [-0.25, -0.2) is 0 Å². The first-order chi connectivity index (χ1) is 11.5. The molecule has 1 aromatic heterocycles. The second-order valence-corrected chi connectivity index (χ2v) is 7.47. The first-order valence-corrected chi connectivity index (χ1v) is 9.22. The molecule has 134 valence electrons. The highest BCUT2D eigenvalue weighted by Gasteiger charge is 2.34. The molecule has 1 aromatic rings. The summed E-state index contributed by atoms with van der Waals surface area (Å²) in [6, 6.07) is 0.630. The molecule has 0 aromatic carbocycles. The van der Waals surface area contributed by atoms with Gasteiger partial charge >= 0.3 is 0 Å². The quantitative estimate of drug-likeness (QED) is 0.819. The average Bonchev–Trinajstić information content (AvgIpc) is 3.02. The highest BCUT2D eigenvalue weighted by atomic mass is 16.2. The predicted molar refractivity (Wildman–Crippen MR) is 94.7 cm³/mol. The van der Waals surface area contributed by atoms with Gasteiger partial charge in [0.25, 0.3) is 0 Å². The van der Waals surface area contributed by atoms with Gasteiger partial charge in [0.15, 0.2) is 0 Å². The fourth-order valence-corrected chi connectivity index (χ4v) is 4.18. The Morgan fingerprint density at radius 3 is 2.79 bits per heavy atom. The number of carbonyl (C=O) groups is 1. The molecule has 0 unspecified atom stereocenters. The van der Waals surface area contributed by atoms with Crippen molar-refractivity contribution >= 4 is 5.91 Å². The van der Waals surface area contributed by atoms with Crippen LogP contribution in [0.25, 0.3) is 0 Å². The fraction of sp³-hybridized carbons (Fsp3) is 0.778. The molecule has 3 rings (SSSR count). The molecule has 1 amide bonds. The van der Waals surface area contributed by atoms with E-state index in [4.69, 9.17) is 0 Å². The van der Waals surface area contributed by atoms with E-state index in [-0.39, 0.29) is 5.91 Å². The molecule has 2 atom stereocenters. The maximum atomic E-state index is 11.6. The molecule has 0 aliphatic carbocycles. The first-order valence-electron chi connectivity index (χ1n) is 9.22. The van der Waals surface area contributed by atoms with Gasteiger partial charge in [-0.1, -0.05) is 6.92 Å². The Morgan fingerprint density at radius 2 is 2.08 bits per heavy atom. The van der Waals surface area contributed by atoms with Crippen LogP contribution in [0.5, 0.6) is 0 Å². The van der Waals surface area contributed by atoms with E-state index in [1.807, 2.05) is 22.8 Å². The van der Waals surface area contributed by atoms with Crippen LogP contribution >= 0.6 is 0 Å². The number of amides is 1. The fourth-order valence-electron chi connectivity index (χ4n) is 4.18. The second kappa shape index (κ2) is 7.66. The van der Waals surface area contributed by atoms with E-state index in [0.717, 1.165) is 52.1 Å². The number of carbonyl (C=O) groups excluding carboxylic acids is 1. The van der Waals surface area contributed by atoms with Crippen molar-refractivity contribution in [3.63, 3.8) is 0 Å². The third-order valence-corrected chi connectivity index (χ3v) is 5.57. The maximum absolute atomic E-state index is 11.6. The molecule has 2 aliphatic rings. The van der Waals surface area contributed by atoms with Gasteiger partial charge in [0, 0.05) is 72.0 Å².